The molecule has 0 saturated carbocycles. The largest absolute Gasteiger partial charge is 0.506 e. The Hall–Kier alpha value is -4.28. The minimum Gasteiger partial charge on any atom is -0.506 e. The van der Waals surface area contributed by atoms with E-state index in [2.05, 4.69) is 9.97 Å². The molecule has 37 heavy (non-hydrogen) atoms. The molecule has 184 valence electrons. The van der Waals surface area contributed by atoms with Crippen molar-refractivity contribution < 1.29 is 5.11 Å². The number of aromatic nitrogens is 6. The van der Waals surface area contributed by atoms with Crippen molar-refractivity contribution in [2.45, 2.75) is 20.4 Å². The van der Waals surface area contributed by atoms with Crippen LogP contribution in [0.1, 0.15) is 17.0 Å². The number of fused-ring (bicyclic) bond motifs is 2. The Kier molecular flexibility index (Phi) is 5.43. The number of thiophene rings is 1. The van der Waals surface area contributed by atoms with Gasteiger partial charge in [-0.3, -0.25) is 9.36 Å². The number of halogens is 1. The van der Waals surface area contributed by atoms with Gasteiger partial charge in [0.1, 0.15) is 40.8 Å². The second kappa shape index (κ2) is 8.68. The molecule has 0 unspecified atom stereocenters. The first-order valence-electron chi connectivity index (χ1n) is 11.3. The number of para-hydroxylation sites is 1. The third-order valence-electron chi connectivity index (χ3n) is 6.29. The molecule has 4 aromatic heterocycles. The second-order valence-corrected chi connectivity index (χ2v) is 9.95. The maximum Gasteiger partial charge on any atom is 0.267 e. The van der Waals surface area contributed by atoms with Crippen LogP contribution in [0, 0.1) is 13.8 Å². The number of benzene rings is 2. The molecule has 0 aliphatic carbocycles. The molecule has 2 aromatic carbocycles. The Labute approximate surface area is 219 Å². The Bertz CT molecular complexity index is 1910. The molecule has 9 nitrogen and oxygen atoms in total. The summed E-state index contributed by atoms with van der Waals surface area (Å²) in [7, 11) is 0. The molecule has 6 aromatic rings. The highest BCUT2D eigenvalue weighted by atomic mass is 35.5. The lowest BCUT2D eigenvalue weighted by Gasteiger charge is -2.15. The summed E-state index contributed by atoms with van der Waals surface area (Å²) in [5.41, 5.74) is 10.3. The second-order valence-electron chi connectivity index (χ2n) is 8.68. The van der Waals surface area contributed by atoms with Crippen LogP contribution in [0.15, 0.2) is 59.0 Å². The van der Waals surface area contributed by atoms with Crippen LogP contribution in [0.4, 0.5) is 5.82 Å². The SMILES string of the molecule is Cc1ccccc1-n1c(Cn2nc(-c3ccc(O)c(Cl)c3)c3c(N)ncnc32)nc2scc(C)c2c1=O. The molecule has 0 fully saturated rings. The van der Waals surface area contributed by atoms with Crippen molar-refractivity contribution in [3.63, 3.8) is 0 Å². The molecule has 3 N–H and O–H groups in total. The van der Waals surface area contributed by atoms with E-state index in [1.165, 1.54) is 23.7 Å². The molecule has 0 atom stereocenters. The molecule has 0 aliphatic rings. The van der Waals surface area contributed by atoms with E-state index in [1.54, 1.807) is 21.4 Å². The first kappa shape index (κ1) is 23.1. The molecule has 11 heteroatoms. The van der Waals surface area contributed by atoms with Crippen molar-refractivity contribution in [3.8, 4) is 22.7 Å². The number of hydrogen-bond donors (Lipinski definition) is 2. The van der Waals surface area contributed by atoms with Gasteiger partial charge in [-0.15, -0.1) is 11.3 Å². The van der Waals surface area contributed by atoms with Gasteiger partial charge in [0.15, 0.2) is 5.65 Å². The molecule has 0 saturated heterocycles. The lowest BCUT2D eigenvalue weighted by Crippen LogP contribution is -2.26. The average molecular weight is 530 g/mol. The first-order chi connectivity index (χ1) is 17.8. The van der Waals surface area contributed by atoms with Crippen molar-refractivity contribution in [1.29, 1.82) is 0 Å². The van der Waals surface area contributed by atoms with E-state index in [-0.39, 0.29) is 28.7 Å². The number of nitrogens with zero attached hydrogens (tertiary/aromatic N) is 6. The zero-order valence-corrected chi connectivity index (χ0v) is 21.4. The monoisotopic (exact) mass is 529 g/mol. The lowest BCUT2D eigenvalue weighted by atomic mass is 10.1. The molecule has 0 bridgehead atoms. The van der Waals surface area contributed by atoms with Gasteiger partial charge in [0, 0.05) is 5.56 Å². The van der Waals surface area contributed by atoms with Gasteiger partial charge in [-0.1, -0.05) is 29.8 Å². The fraction of sp³-hybridized carbons (Fsp3) is 0.115. The number of aryl methyl sites for hydroxylation is 2. The summed E-state index contributed by atoms with van der Waals surface area (Å²) < 4.78 is 3.30. The van der Waals surface area contributed by atoms with E-state index in [0.29, 0.717) is 38.3 Å². The zero-order valence-electron chi connectivity index (χ0n) is 19.8. The van der Waals surface area contributed by atoms with Crippen molar-refractivity contribution >= 4 is 50.0 Å². The topological polar surface area (TPSA) is 125 Å². The number of hydrogen-bond acceptors (Lipinski definition) is 8. The average Bonchev–Trinajstić information content (AvgIpc) is 3.43. The molecular formula is C26H20ClN7O2S. The van der Waals surface area contributed by atoms with Crippen molar-refractivity contribution in [2.75, 3.05) is 5.73 Å². The van der Waals surface area contributed by atoms with Gasteiger partial charge < -0.3 is 10.8 Å². The Morgan fingerprint density at radius 3 is 2.68 bits per heavy atom. The lowest BCUT2D eigenvalue weighted by molar-refractivity contribution is 0.475. The van der Waals surface area contributed by atoms with Crippen LogP contribution < -0.4 is 11.3 Å². The summed E-state index contributed by atoms with van der Waals surface area (Å²) in [6.45, 7) is 4.02. The van der Waals surface area contributed by atoms with Crippen LogP contribution in [-0.2, 0) is 6.54 Å². The smallest absolute Gasteiger partial charge is 0.267 e. The summed E-state index contributed by atoms with van der Waals surface area (Å²) in [6.07, 6.45) is 1.37. The van der Waals surface area contributed by atoms with Crippen LogP contribution in [0.2, 0.25) is 5.02 Å². The van der Waals surface area contributed by atoms with Crippen LogP contribution in [0.5, 0.6) is 5.75 Å². The van der Waals surface area contributed by atoms with Gasteiger partial charge in [0.05, 0.1) is 21.5 Å². The van der Waals surface area contributed by atoms with E-state index in [0.717, 1.165) is 16.8 Å². The molecular weight excluding hydrogens is 510 g/mol. The first-order valence-corrected chi connectivity index (χ1v) is 12.6. The Morgan fingerprint density at radius 2 is 1.89 bits per heavy atom. The zero-order chi connectivity index (χ0) is 25.8. The van der Waals surface area contributed by atoms with Crippen molar-refractivity contribution in [2.24, 2.45) is 0 Å². The third-order valence-corrected chi connectivity index (χ3v) is 7.58. The van der Waals surface area contributed by atoms with Gasteiger partial charge in [0.25, 0.3) is 5.56 Å². The van der Waals surface area contributed by atoms with Crippen molar-refractivity contribution in [1.82, 2.24) is 29.3 Å². The number of phenolic OH excluding ortho intramolecular Hbond substituents is 1. The highest BCUT2D eigenvalue weighted by molar-refractivity contribution is 7.16. The summed E-state index contributed by atoms with van der Waals surface area (Å²) >= 11 is 7.61. The Balaban J connectivity index is 1.61. The van der Waals surface area contributed by atoms with E-state index in [9.17, 15) is 9.90 Å². The third kappa shape index (κ3) is 3.73. The van der Waals surface area contributed by atoms with Gasteiger partial charge in [0.2, 0.25) is 0 Å². The predicted octanol–water partition coefficient (Wildman–Crippen LogP) is 4.86. The summed E-state index contributed by atoms with van der Waals surface area (Å²) in [4.78, 5) is 28.0. The maximum atomic E-state index is 13.8. The molecule has 0 aliphatic heterocycles. The standard InChI is InChI=1S/C26H20ClN7O2S/c1-13-5-3-4-6-17(13)34-19(31-25-20(26(34)36)14(2)11-37-25)10-33-24-21(23(28)29-12-30-24)22(32-33)15-7-8-18(35)16(27)9-15/h3-9,11-12,35H,10H2,1-2H3,(H2,28,29,30). The number of nitrogens with two attached hydrogens (primary N) is 1. The normalized spacial score (nSPS) is 11.5. The number of aromatic hydroxyl groups is 1. The highest BCUT2D eigenvalue weighted by Crippen LogP contribution is 2.34. The number of phenols is 1. The van der Waals surface area contributed by atoms with Gasteiger partial charge in [-0.05, 0) is 54.6 Å². The van der Waals surface area contributed by atoms with Crippen LogP contribution in [0.25, 0.3) is 38.2 Å². The fourth-order valence-corrected chi connectivity index (χ4v) is 5.58. The minimum atomic E-state index is -0.135. The van der Waals surface area contributed by atoms with E-state index >= 15 is 0 Å². The highest BCUT2D eigenvalue weighted by Gasteiger charge is 2.22. The van der Waals surface area contributed by atoms with E-state index in [4.69, 9.17) is 27.4 Å². The Morgan fingerprint density at radius 1 is 1.08 bits per heavy atom. The molecule has 0 amide bonds. The summed E-state index contributed by atoms with van der Waals surface area (Å²) in [6, 6.07) is 12.5. The quantitative estimate of drug-likeness (QED) is 0.334. The molecule has 0 spiro atoms. The van der Waals surface area contributed by atoms with Gasteiger partial charge in [-0.25, -0.2) is 19.6 Å². The predicted molar refractivity (Wildman–Crippen MR) is 146 cm³/mol. The van der Waals surface area contributed by atoms with Crippen molar-refractivity contribution in [3.05, 3.63) is 86.5 Å². The van der Waals surface area contributed by atoms with E-state index < -0.39 is 0 Å². The van der Waals surface area contributed by atoms with E-state index in [1.807, 2.05) is 43.5 Å². The maximum absolute atomic E-state index is 13.8. The summed E-state index contributed by atoms with van der Waals surface area (Å²) in [5.74, 6) is 0.721. The van der Waals surface area contributed by atoms with Gasteiger partial charge >= 0.3 is 0 Å². The fourth-order valence-electron chi connectivity index (χ4n) is 4.47. The minimum absolute atomic E-state index is 0.0376. The summed E-state index contributed by atoms with van der Waals surface area (Å²) in [5, 5.41) is 18.0. The van der Waals surface area contributed by atoms with Crippen LogP contribution >= 0.6 is 22.9 Å². The molecule has 4 heterocycles. The van der Waals surface area contributed by atoms with Gasteiger partial charge in [-0.2, -0.15) is 5.10 Å². The molecule has 6 rings (SSSR count). The van der Waals surface area contributed by atoms with Crippen LogP contribution in [-0.4, -0.2) is 34.4 Å². The van der Waals surface area contributed by atoms with Crippen LogP contribution in [0.3, 0.4) is 0 Å². The number of anilines is 1. The number of nitrogen functional groups attached to an aromatic ring is 1. The molecule has 0 radical (unpaired) electrons. The number of rotatable bonds is 4.